The molecule has 0 aliphatic rings. The van der Waals surface area contributed by atoms with Gasteiger partial charge < -0.3 is 10.1 Å². The van der Waals surface area contributed by atoms with Gasteiger partial charge in [-0.2, -0.15) is 0 Å². The molecule has 0 saturated heterocycles. The lowest BCUT2D eigenvalue weighted by atomic mass is 10.1. The molecule has 1 aromatic rings. The van der Waals surface area contributed by atoms with Crippen molar-refractivity contribution in [2.45, 2.75) is 31.7 Å². The molecular formula is C15H25NO3S. The van der Waals surface area contributed by atoms with E-state index in [-0.39, 0.29) is 6.04 Å². The number of ether oxygens (including phenoxy) is 1. The summed E-state index contributed by atoms with van der Waals surface area (Å²) in [5, 5.41) is 3.36. The molecule has 1 rings (SSSR count). The zero-order chi connectivity index (χ0) is 15.2. The summed E-state index contributed by atoms with van der Waals surface area (Å²) in [7, 11) is -3.12. The van der Waals surface area contributed by atoms with Crippen LogP contribution in [0.3, 0.4) is 0 Å². The molecule has 20 heavy (non-hydrogen) atoms. The Kier molecular flexibility index (Phi) is 6.65. The normalized spacial score (nSPS) is 13.7. The standard InChI is InChI=1S/C15H25NO3S/c1-12(2)11-19-10-9-16-13(3)14-5-7-15(8-6-14)20(4,17)18/h5-8,12-13,16H,9-11H2,1-4H3. The Morgan fingerprint density at radius 2 is 1.75 bits per heavy atom. The molecule has 0 amide bonds. The molecule has 4 nitrogen and oxygen atoms in total. The van der Waals surface area contributed by atoms with Crippen LogP contribution in [0, 0.1) is 5.92 Å². The fourth-order valence-electron chi connectivity index (χ4n) is 1.79. The average molecular weight is 299 g/mol. The number of rotatable bonds is 8. The zero-order valence-electron chi connectivity index (χ0n) is 12.7. The summed E-state index contributed by atoms with van der Waals surface area (Å²) in [6.45, 7) is 8.54. The van der Waals surface area contributed by atoms with Gasteiger partial charge in [0.05, 0.1) is 11.5 Å². The zero-order valence-corrected chi connectivity index (χ0v) is 13.5. The topological polar surface area (TPSA) is 55.4 Å². The summed E-state index contributed by atoms with van der Waals surface area (Å²) in [5.74, 6) is 0.552. The third-order valence-corrected chi connectivity index (χ3v) is 4.08. The summed E-state index contributed by atoms with van der Waals surface area (Å²) in [6, 6.07) is 7.17. The molecule has 0 bridgehead atoms. The van der Waals surface area contributed by atoms with Gasteiger partial charge in [0.1, 0.15) is 0 Å². The average Bonchev–Trinajstić information content (AvgIpc) is 2.37. The summed E-state index contributed by atoms with van der Waals surface area (Å²) >= 11 is 0. The quantitative estimate of drug-likeness (QED) is 0.749. The fourth-order valence-corrected chi connectivity index (χ4v) is 2.42. The lowest BCUT2D eigenvalue weighted by molar-refractivity contribution is 0.110. The number of sulfone groups is 1. The molecule has 0 aliphatic carbocycles. The van der Waals surface area contributed by atoms with Crippen LogP contribution >= 0.6 is 0 Å². The highest BCUT2D eigenvalue weighted by molar-refractivity contribution is 7.90. The van der Waals surface area contributed by atoms with Gasteiger partial charge in [0.15, 0.2) is 9.84 Å². The minimum atomic E-state index is -3.12. The maximum Gasteiger partial charge on any atom is 0.175 e. The van der Waals surface area contributed by atoms with Crippen LogP contribution in [0.25, 0.3) is 0 Å². The van der Waals surface area contributed by atoms with Crippen molar-refractivity contribution in [3.63, 3.8) is 0 Å². The van der Waals surface area contributed by atoms with Crippen molar-refractivity contribution in [1.82, 2.24) is 5.32 Å². The highest BCUT2D eigenvalue weighted by Crippen LogP contribution is 2.15. The molecule has 5 heteroatoms. The van der Waals surface area contributed by atoms with Crippen molar-refractivity contribution < 1.29 is 13.2 Å². The van der Waals surface area contributed by atoms with Gasteiger partial charge in [-0.15, -0.1) is 0 Å². The third kappa shape index (κ3) is 6.03. The van der Waals surface area contributed by atoms with E-state index in [2.05, 4.69) is 26.1 Å². The molecule has 114 valence electrons. The molecule has 0 spiro atoms. The molecule has 1 aromatic carbocycles. The second-order valence-electron chi connectivity index (χ2n) is 5.49. The molecule has 0 saturated carbocycles. The molecule has 1 atom stereocenters. The summed E-state index contributed by atoms with van der Waals surface area (Å²) < 4.78 is 28.3. The van der Waals surface area contributed by atoms with Crippen molar-refractivity contribution in [2.75, 3.05) is 26.0 Å². The Balaban J connectivity index is 2.42. The van der Waals surface area contributed by atoms with Crippen molar-refractivity contribution in [2.24, 2.45) is 5.92 Å². The summed E-state index contributed by atoms with van der Waals surface area (Å²) in [6.07, 6.45) is 1.22. The van der Waals surface area contributed by atoms with E-state index in [1.165, 1.54) is 6.26 Å². The second kappa shape index (κ2) is 7.76. The van der Waals surface area contributed by atoms with Crippen molar-refractivity contribution in [3.05, 3.63) is 29.8 Å². The molecule has 0 heterocycles. The first kappa shape index (κ1) is 17.1. The van der Waals surface area contributed by atoms with E-state index in [0.29, 0.717) is 17.4 Å². The third-order valence-electron chi connectivity index (χ3n) is 2.96. The van der Waals surface area contributed by atoms with E-state index in [1.54, 1.807) is 12.1 Å². The Bertz CT molecular complexity index is 494. The number of hydrogen-bond acceptors (Lipinski definition) is 4. The number of hydrogen-bond donors (Lipinski definition) is 1. The molecule has 0 fully saturated rings. The smallest absolute Gasteiger partial charge is 0.175 e. The molecule has 0 radical (unpaired) electrons. The summed E-state index contributed by atoms with van der Waals surface area (Å²) in [5.41, 5.74) is 1.07. The van der Waals surface area contributed by atoms with Gasteiger partial charge >= 0.3 is 0 Å². The van der Waals surface area contributed by atoms with Crippen LogP contribution in [0.5, 0.6) is 0 Å². The fraction of sp³-hybridized carbons (Fsp3) is 0.600. The maximum absolute atomic E-state index is 11.4. The van der Waals surface area contributed by atoms with Crippen LogP contribution in [0.4, 0.5) is 0 Å². The predicted octanol–water partition coefficient (Wildman–Crippen LogP) is 2.41. The molecular weight excluding hydrogens is 274 g/mol. The molecule has 0 aliphatic heterocycles. The second-order valence-corrected chi connectivity index (χ2v) is 7.50. The van der Waals surface area contributed by atoms with Gasteiger partial charge in [-0.3, -0.25) is 0 Å². The molecule has 1 N–H and O–H groups in total. The monoisotopic (exact) mass is 299 g/mol. The number of nitrogens with one attached hydrogen (secondary N) is 1. The minimum absolute atomic E-state index is 0.172. The van der Waals surface area contributed by atoms with Crippen LogP contribution in [0.1, 0.15) is 32.4 Å². The van der Waals surface area contributed by atoms with Gasteiger partial charge in [-0.25, -0.2) is 8.42 Å². The number of benzene rings is 1. The van der Waals surface area contributed by atoms with Crippen LogP contribution < -0.4 is 5.32 Å². The van der Waals surface area contributed by atoms with E-state index in [9.17, 15) is 8.42 Å². The first-order valence-corrected chi connectivity index (χ1v) is 8.81. The summed E-state index contributed by atoms with van der Waals surface area (Å²) in [4.78, 5) is 0.355. The van der Waals surface area contributed by atoms with Gasteiger partial charge in [-0.1, -0.05) is 26.0 Å². The predicted molar refractivity (Wildman–Crippen MR) is 81.6 cm³/mol. The van der Waals surface area contributed by atoms with E-state index < -0.39 is 9.84 Å². The van der Waals surface area contributed by atoms with Crippen LogP contribution in [0.15, 0.2) is 29.2 Å². The lowest BCUT2D eigenvalue weighted by Gasteiger charge is -2.15. The SMILES string of the molecule is CC(C)COCCNC(C)c1ccc(S(C)(=O)=O)cc1. The van der Waals surface area contributed by atoms with Crippen molar-refractivity contribution in [3.8, 4) is 0 Å². The lowest BCUT2D eigenvalue weighted by Crippen LogP contribution is -2.24. The van der Waals surface area contributed by atoms with Crippen LogP contribution in [-0.2, 0) is 14.6 Å². The maximum atomic E-state index is 11.4. The van der Waals surface area contributed by atoms with Gasteiger partial charge in [0, 0.05) is 25.4 Å². The van der Waals surface area contributed by atoms with Gasteiger partial charge in [0.25, 0.3) is 0 Å². The Morgan fingerprint density at radius 1 is 1.15 bits per heavy atom. The van der Waals surface area contributed by atoms with E-state index in [1.807, 2.05) is 12.1 Å². The van der Waals surface area contributed by atoms with E-state index in [0.717, 1.165) is 18.7 Å². The van der Waals surface area contributed by atoms with E-state index in [4.69, 9.17) is 4.74 Å². The van der Waals surface area contributed by atoms with Gasteiger partial charge in [0.2, 0.25) is 0 Å². The highest BCUT2D eigenvalue weighted by atomic mass is 32.2. The Labute approximate surface area is 122 Å². The van der Waals surface area contributed by atoms with Crippen LogP contribution in [-0.4, -0.2) is 34.4 Å². The largest absolute Gasteiger partial charge is 0.380 e. The van der Waals surface area contributed by atoms with Gasteiger partial charge in [-0.05, 0) is 30.5 Å². The Morgan fingerprint density at radius 3 is 2.25 bits per heavy atom. The molecule has 0 aromatic heterocycles. The highest BCUT2D eigenvalue weighted by Gasteiger charge is 2.09. The Hall–Kier alpha value is -0.910. The minimum Gasteiger partial charge on any atom is -0.380 e. The first-order chi connectivity index (χ1) is 9.30. The van der Waals surface area contributed by atoms with Crippen LogP contribution in [0.2, 0.25) is 0 Å². The first-order valence-electron chi connectivity index (χ1n) is 6.92. The molecule has 1 unspecified atom stereocenters. The van der Waals surface area contributed by atoms with E-state index >= 15 is 0 Å². The van der Waals surface area contributed by atoms with Crippen molar-refractivity contribution >= 4 is 9.84 Å². The van der Waals surface area contributed by atoms with Crippen molar-refractivity contribution in [1.29, 1.82) is 0 Å².